The number of rotatable bonds is 85. The second-order valence-electron chi connectivity index (χ2n) is 30.0. The van der Waals surface area contributed by atoms with Crippen LogP contribution in [0.3, 0.4) is 0 Å². The lowest BCUT2D eigenvalue weighted by atomic mass is 10.0. The van der Waals surface area contributed by atoms with Gasteiger partial charge in [-0.25, -0.2) is 9.13 Å². The smallest absolute Gasteiger partial charge is 0.463 e. The number of carbonyl (C=O) groups excluding carboxylic acids is 3. The van der Waals surface area contributed by atoms with Crippen LogP contribution in [0.1, 0.15) is 367 Å². The summed E-state index contributed by atoms with van der Waals surface area (Å²) < 4.78 is 61.4. The van der Waals surface area contributed by atoms with E-state index in [9.17, 15) is 43.5 Å². The fourth-order valence-electron chi connectivity index (χ4n) is 12.1. The van der Waals surface area contributed by atoms with E-state index in [2.05, 4.69) is 191 Å². The number of carbonyl (C=O) groups is 3. The highest BCUT2D eigenvalue weighted by atomic mass is 31.2. The summed E-state index contributed by atoms with van der Waals surface area (Å²) in [7, 11) is -9.81. The van der Waals surface area contributed by atoms with E-state index >= 15 is 0 Å². The van der Waals surface area contributed by atoms with Crippen LogP contribution in [-0.2, 0) is 55.8 Å². The molecule has 0 heterocycles. The van der Waals surface area contributed by atoms with Gasteiger partial charge in [-0.3, -0.25) is 32.5 Å². The third-order valence-electron chi connectivity index (χ3n) is 18.9. The lowest BCUT2D eigenvalue weighted by Gasteiger charge is -2.21. The minimum Gasteiger partial charge on any atom is -0.463 e. The quantitative estimate of drug-likeness (QED) is 0.0146. The van der Waals surface area contributed by atoms with Crippen molar-refractivity contribution in [2.45, 2.75) is 386 Å². The van der Waals surface area contributed by atoms with E-state index in [0.29, 0.717) is 19.3 Å². The van der Waals surface area contributed by atoms with Gasteiger partial charge >= 0.3 is 33.6 Å². The number of phosphoric acid groups is 2. The van der Waals surface area contributed by atoms with Gasteiger partial charge < -0.3 is 34.2 Å². The first kappa shape index (κ1) is 110. The van der Waals surface area contributed by atoms with Crippen molar-refractivity contribution in [3.05, 3.63) is 170 Å². The van der Waals surface area contributed by atoms with E-state index in [1.165, 1.54) is 128 Å². The molecule has 16 nitrogen and oxygen atoms in total. The summed E-state index contributed by atoms with van der Waals surface area (Å²) >= 11 is 0. The van der Waals surface area contributed by atoms with Crippen LogP contribution in [-0.4, -0.2) is 95.9 Å². The maximum absolute atomic E-state index is 13.0. The standard InChI is InChI=1S/C97H164O16P2/c1-4-7-10-13-16-19-22-25-28-31-34-36-38-40-41-42-43-44-45-46-47-48-49-51-53-54-57-59-62-65-68-71-74-77-80-83-95(100)107-86-92(98)87-109-114(103,104)110-88-93(99)89-111-115(105,106)112-91-94(113-97(102)85-82-79-76-73-70-67-64-61-56-33-30-27-24-21-18-15-12-9-6-3)90-108-96(101)84-81-78-75-72-69-66-63-60-58-55-52-50-39-37-35-32-29-26-23-20-17-14-11-8-5-2/h7-8,10-11,16-21,25-30,34-37,40-41,43-44,50,52,56,61,92-94,98-99H,4-6,9,12-15,22-24,31-33,38-39,42,45-49,51,53-55,57-60,62-91H2,1-3H3,(H,103,104)(H,105,106)/b10-7-,11-8-,19-16-,20-17-,21-18-,28-25-,29-26-,30-27-,36-34-,37-35-,41-40-,44-43-,52-50-,61-56-. The summed E-state index contributed by atoms with van der Waals surface area (Å²) in [5.41, 5.74) is 0. The number of aliphatic hydroxyl groups is 2. The Morgan fingerprint density at radius 2 is 0.461 bits per heavy atom. The number of unbranched alkanes of at least 4 members (excludes halogenated alkanes) is 34. The maximum atomic E-state index is 13.0. The molecule has 0 aliphatic rings. The van der Waals surface area contributed by atoms with E-state index in [1.54, 1.807) is 0 Å². The molecular formula is C97H164O16P2. The lowest BCUT2D eigenvalue weighted by Crippen LogP contribution is -2.30. The summed E-state index contributed by atoms with van der Waals surface area (Å²) in [6, 6.07) is 0. The van der Waals surface area contributed by atoms with Crippen molar-refractivity contribution in [1.82, 2.24) is 0 Å². The first-order valence-corrected chi connectivity index (χ1v) is 48.4. The molecule has 0 saturated carbocycles. The predicted molar refractivity (Wildman–Crippen MR) is 482 cm³/mol. The third kappa shape index (κ3) is 89.5. The number of aliphatic hydroxyl groups excluding tert-OH is 2. The van der Waals surface area contributed by atoms with Gasteiger partial charge in [0, 0.05) is 19.3 Å². The molecule has 18 heteroatoms. The van der Waals surface area contributed by atoms with Gasteiger partial charge in [-0.05, 0) is 154 Å². The maximum Gasteiger partial charge on any atom is 0.472 e. The van der Waals surface area contributed by atoms with Crippen LogP contribution in [0.2, 0.25) is 0 Å². The zero-order chi connectivity index (χ0) is 83.6. The van der Waals surface area contributed by atoms with Crippen LogP contribution in [0.25, 0.3) is 0 Å². The van der Waals surface area contributed by atoms with Crippen molar-refractivity contribution in [2.24, 2.45) is 0 Å². The Bertz CT molecular complexity index is 2770. The monoisotopic (exact) mass is 1650 g/mol. The van der Waals surface area contributed by atoms with Gasteiger partial charge in [0.25, 0.3) is 0 Å². The first-order valence-electron chi connectivity index (χ1n) is 45.4. The van der Waals surface area contributed by atoms with E-state index in [-0.39, 0.29) is 19.3 Å². The molecule has 0 radical (unpaired) electrons. The third-order valence-corrected chi connectivity index (χ3v) is 20.8. The average Bonchev–Trinajstić information content (AvgIpc) is 0.902. The van der Waals surface area contributed by atoms with Gasteiger partial charge in [0.05, 0.1) is 26.4 Å². The minimum absolute atomic E-state index is 0.0850. The summed E-state index contributed by atoms with van der Waals surface area (Å²) in [4.78, 5) is 58.9. The Hall–Kier alpha value is -5.09. The number of esters is 3. The molecule has 0 aromatic carbocycles. The Kier molecular flexibility index (Phi) is 84.3. The molecule has 0 spiro atoms. The van der Waals surface area contributed by atoms with Crippen molar-refractivity contribution in [3.8, 4) is 0 Å². The zero-order valence-corrected chi connectivity index (χ0v) is 74.2. The molecule has 0 bridgehead atoms. The normalized spacial score (nSPS) is 14.6. The number of hydrogen-bond acceptors (Lipinski definition) is 14. The van der Waals surface area contributed by atoms with Crippen molar-refractivity contribution >= 4 is 33.6 Å². The van der Waals surface area contributed by atoms with Gasteiger partial charge in [-0.2, -0.15) is 0 Å². The Morgan fingerprint density at radius 1 is 0.252 bits per heavy atom. The van der Waals surface area contributed by atoms with Crippen LogP contribution in [0.5, 0.6) is 0 Å². The largest absolute Gasteiger partial charge is 0.472 e. The van der Waals surface area contributed by atoms with Crippen LogP contribution in [0, 0.1) is 0 Å². The minimum atomic E-state index is -4.95. The molecule has 4 N–H and O–H groups in total. The number of ether oxygens (including phenoxy) is 3. The average molecular weight is 1650 g/mol. The fraction of sp³-hybridized carbons (Fsp3) is 0.680. The molecule has 5 atom stereocenters. The molecule has 658 valence electrons. The second-order valence-corrected chi connectivity index (χ2v) is 32.9. The van der Waals surface area contributed by atoms with Gasteiger partial charge in [0.15, 0.2) is 6.10 Å². The first-order chi connectivity index (χ1) is 56.2. The Balaban J connectivity index is 4.52. The molecule has 0 aliphatic heterocycles. The van der Waals surface area contributed by atoms with Gasteiger partial charge in [-0.1, -0.05) is 364 Å². The molecule has 0 rings (SSSR count). The summed E-state index contributed by atoms with van der Waals surface area (Å²) in [6.45, 7) is 2.44. The summed E-state index contributed by atoms with van der Waals surface area (Å²) in [5, 5.41) is 20.7. The highest BCUT2D eigenvalue weighted by Gasteiger charge is 2.29. The highest BCUT2D eigenvalue weighted by Crippen LogP contribution is 2.45. The topological polar surface area (TPSA) is 231 Å². The van der Waals surface area contributed by atoms with Crippen molar-refractivity contribution in [1.29, 1.82) is 0 Å². The van der Waals surface area contributed by atoms with Gasteiger partial charge in [0.2, 0.25) is 0 Å². The molecule has 0 fully saturated rings. The lowest BCUT2D eigenvalue weighted by molar-refractivity contribution is -0.161. The highest BCUT2D eigenvalue weighted by molar-refractivity contribution is 7.47. The molecule has 5 unspecified atom stereocenters. The fourth-order valence-corrected chi connectivity index (χ4v) is 13.7. The Morgan fingerprint density at radius 3 is 0.730 bits per heavy atom. The van der Waals surface area contributed by atoms with Crippen LogP contribution >= 0.6 is 15.6 Å². The van der Waals surface area contributed by atoms with Crippen LogP contribution in [0.4, 0.5) is 0 Å². The number of phosphoric ester groups is 2. The van der Waals surface area contributed by atoms with E-state index < -0.39 is 91.5 Å². The predicted octanol–water partition coefficient (Wildman–Crippen LogP) is 27.9. The number of allylic oxidation sites excluding steroid dienone is 28. The van der Waals surface area contributed by atoms with Crippen LogP contribution < -0.4 is 0 Å². The SMILES string of the molecule is CC/C=C\C/C=C\C/C=C\C/C=C\C/C=C\C/C=C\CCCCCCCCCCCCCCCCCCC(=O)OCC(O)COP(=O)(O)OCC(O)COP(=O)(O)OCC(COC(=O)CCCCCCCCCCC/C=C\C/C=C\C/C=C\C/C=C\C/C=C\CC)OC(=O)CCCCCCCC/C=C\C/C=C\C/C=C\CCCCC. The van der Waals surface area contributed by atoms with E-state index in [4.69, 9.17) is 32.3 Å². The Labute approximate surface area is 701 Å². The zero-order valence-electron chi connectivity index (χ0n) is 72.4. The molecule has 115 heavy (non-hydrogen) atoms. The van der Waals surface area contributed by atoms with Crippen molar-refractivity contribution in [3.63, 3.8) is 0 Å². The molecule has 0 aromatic rings. The van der Waals surface area contributed by atoms with Gasteiger partial charge in [-0.15, -0.1) is 0 Å². The van der Waals surface area contributed by atoms with E-state index in [1.807, 2.05) is 0 Å². The summed E-state index contributed by atoms with van der Waals surface area (Å²) in [5.74, 6) is -1.59. The molecule has 0 aliphatic carbocycles. The molecule has 0 amide bonds. The number of hydrogen-bond donors (Lipinski definition) is 4. The summed E-state index contributed by atoms with van der Waals surface area (Å²) in [6.07, 6.45) is 114. The second kappa shape index (κ2) is 88.2. The van der Waals surface area contributed by atoms with Gasteiger partial charge in [0.1, 0.15) is 25.4 Å². The molecular weight excluding hydrogens is 1480 g/mol. The van der Waals surface area contributed by atoms with Crippen molar-refractivity contribution in [2.75, 3.05) is 39.6 Å². The van der Waals surface area contributed by atoms with Crippen molar-refractivity contribution < 1.29 is 75.8 Å². The molecule has 0 aromatic heterocycles. The van der Waals surface area contributed by atoms with E-state index in [0.717, 1.165) is 180 Å². The molecule has 0 saturated heterocycles. The van der Waals surface area contributed by atoms with Crippen LogP contribution in [0.15, 0.2) is 170 Å².